The predicted molar refractivity (Wildman–Crippen MR) is 86.7 cm³/mol. The van der Waals surface area contributed by atoms with Crippen molar-refractivity contribution < 1.29 is 17.6 Å². The molecule has 1 fully saturated rings. The first kappa shape index (κ1) is 17.6. The van der Waals surface area contributed by atoms with Crippen molar-refractivity contribution in [3.05, 3.63) is 41.5 Å². The lowest BCUT2D eigenvalue weighted by atomic mass is 10.0. The van der Waals surface area contributed by atoms with E-state index in [1.165, 1.54) is 6.20 Å². The van der Waals surface area contributed by atoms with Gasteiger partial charge in [0.05, 0.1) is 11.3 Å². The molecule has 0 radical (unpaired) electrons. The fourth-order valence-electron chi connectivity index (χ4n) is 2.87. The smallest absolute Gasteiger partial charge is 0.353 e. The Labute approximate surface area is 142 Å². The van der Waals surface area contributed by atoms with Gasteiger partial charge in [-0.15, -0.1) is 0 Å². The second kappa shape index (κ2) is 6.95. The van der Waals surface area contributed by atoms with Gasteiger partial charge in [0.15, 0.2) is 0 Å². The molecular weight excluding hydrogens is 336 g/mol. The highest BCUT2D eigenvalue weighted by atomic mass is 19.4. The number of benzene rings is 1. The van der Waals surface area contributed by atoms with Gasteiger partial charge in [-0.25, -0.2) is 14.4 Å². The Hall–Kier alpha value is -2.22. The molecule has 1 saturated heterocycles. The number of aryl methyl sites for hydroxylation is 1. The van der Waals surface area contributed by atoms with Crippen molar-refractivity contribution in [1.82, 2.24) is 15.3 Å². The van der Waals surface area contributed by atoms with Crippen molar-refractivity contribution in [2.75, 3.05) is 18.4 Å². The van der Waals surface area contributed by atoms with Crippen LogP contribution in [0.2, 0.25) is 0 Å². The minimum absolute atomic E-state index is 0.0505. The maximum Gasteiger partial charge on any atom is 0.416 e. The van der Waals surface area contributed by atoms with E-state index in [1.54, 1.807) is 6.92 Å². The average Bonchev–Trinajstić information content (AvgIpc) is 3.06. The molecule has 134 valence electrons. The molecule has 8 heteroatoms. The fourth-order valence-corrected chi connectivity index (χ4v) is 2.87. The molecule has 0 aliphatic carbocycles. The van der Waals surface area contributed by atoms with Crippen LogP contribution in [0.4, 0.5) is 23.5 Å². The summed E-state index contributed by atoms with van der Waals surface area (Å²) in [6.07, 6.45) is -0.926. The Kier molecular flexibility index (Phi) is 4.89. The Morgan fingerprint density at radius 1 is 1.28 bits per heavy atom. The number of hydrogen-bond donors (Lipinski definition) is 2. The molecule has 0 unspecified atom stereocenters. The maximum atomic E-state index is 14.1. The van der Waals surface area contributed by atoms with Crippen LogP contribution >= 0.6 is 0 Å². The van der Waals surface area contributed by atoms with Gasteiger partial charge in [0.1, 0.15) is 5.82 Å². The Balaban J connectivity index is 1.78. The summed E-state index contributed by atoms with van der Waals surface area (Å²) < 4.78 is 52.0. The highest BCUT2D eigenvalue weighted by Gasteiger charge is 2.31. The molecule has 25 heavy (non-hydrogen) atoms. The Morgan fingerprint density at radius 3 is 2.68 bits per heavy atom. The first-order chi connectivity index (χ1) is 11.8. The number of hydrogen-bond acceptors (Lipinski definition) is 4. The second-order valence-electron chi connectivity index (χ2n) is 6.06. The summed E-state index contributed by atoms with van der Waals surface area (Å²) in [4.78, 5) is 8.43. The molecular formula is C17H18F4N4. The van der Waals surface area contributed by atoms with Crippen LogP contribution in [-0.2, 0) is 6.18 Å². The fraction of sp³-hybridized carbons (Fsp3) is 0.412. The van der Waals surface area contributed by atoms with E-state index in [0.29, 0.717) is 35.9 Å². The summed E-state index contributed by atoms with van der Waals surface area (Å²) in [5.41, 5.74) is -0.101. The predicted octanol–water partition coefficient (Wildman–Crippen LogP) is 3.77. The number of nitrogens with zero attached hydrogens (tertiary/aromatic N) is 2. The van der Waals surface area contributed by atoms with E-state index in [0.717, 1.165) is 31.5 Å². The van der Waals surface area contributed by atoms with Crippen LogP contribution < -0.4 is 10.6 Å². The highest BCUT2D eigenvalue weighted by Crippen LogP contribution is 2.33. The number of rotatable bonds is 4. The molecule has 2 heterocycles. The summed E-state index contributed by atoms with van der Waals surface area (Å²) >= 11 is 0. The van der Waals surface area contributed by atoms with Crippen molar-refractivity contribution in [2.45, 2.75) is 32.0 Å². The van der Waals surface area contributed by atoms with E-state index in [-0.39, 0.29) is 5.56 Å². The third-order valence-corrected chi connectivity index (χ3v) is 4.23. The van der Waals surface area contributed by atoms with E-state index >= 15 is 0 Å². The van der Waals surface area contributed by atoms with Crippen molar-refractivity contribution in [3.8, 4) is 11.1 Å². The number of nitrogens with one attached hydrogen (secondary N) is 2. The molecule has 2 N–H and O–H groups in total. The standard InChI is InChI=1S/C17H18F4N4/c1-10-14(13-5-4-11(7-15(13)18)17(19,20)21)9-24-16(25-10)23-8-12-3-2-6-22-12/h4-5,7,9,12,22H,2-3,6,8H2,1H3,(H,23,24,25)/t12-/m1/s1. The minimum atomic E-state index is -4.58. The van der Waals surface area contributed by atoms with Crippen LogP contribution in [0.3, 0.4) is 0 Å². The van der Waals surface area contributed by atoms with Crippen LogP contribution in [0.25, 0.3) is 11.1 Å². The van der Waals surface area contributed by atoms with Gasteiger partial charge in [0, 0.05) is 29.9 Å². The summed E-state index contributed by atoms with van der Waals surface area (Å²) in [6.45, 7) is 3.36. The van der Waals surface area contributed by atoms with Gasteiger partial charge >= 0.3 is 6.18 Å². The van der Waals surface area contributed by atoms with Crippen molar-refractivity contribution in [1.29, 1.82) is 0 Å². The number of anilines is 1. The van der Waals surface area contributed by atoms with Crippen LogP contribution in [0, 0.1) is 12.7 Å². The lowest BCUT2D eigenvalue weighted by Crippen LogP contribution is -2.29. The lowest BCUT2D eigenvalue weighted by molar-refractivity contribution is -0.137. The zero-order valence-corrected chi connectivity index (χ0v) is 13.6. The summed E-state index contributed by atoms with van der Waals surface area (Å²) in [6, 6.07) is 2.83. The van der Waals surface area contributed by atoms with Crippen LogP contribution in [-0.4, -0.2) is 29.1 Å². The van der Waals surface area contributed by atoms with Crippen molar-refractivity contribution in [3.63, 3.8) is 0 Å². The first-order valence-corrected chi connectivity index (χ1v) is 8.02. The van der Waals surface area contributed by atoms with Gasteiger partial charge in [-0.3, -0.25) is 0 Å². The van der Waals surface area contributed by atoms with E-state index < -0.39 is 17.6 Å². The highest BCUT2D eigenvalue weighted by molar-refractivity contribution is 5.66. The molecule has 1 aromatic heterocycles. The molecule has 2 aromatic rings. The Morgan fingerprint density at radius 2 is 2.08 bits per heavy atom. The number of halogens is 4. The van der Waals surface area contributed by atoms with Gasteiger partial charge in [-0.1, -0.05) is 6.07 Å². The zero-order chi connectivity index (χ0) is 18.0. The molecule has 4 nitrogen and oxygen atoms in total. The van der Waals surface area contributed by atoms with E-state index in [9.17, 15) is 17.6 Å². The van der Waals surface area contributed by atoms with Crippen LogP contribution in [0.1, 0.15) is 24.1 Å². The molecule has 0 amide bonds. The van der Waals surface area contributed by atoms with E-state index in [1.807, 2.05) is 0 Å². The monoisotopic (exact) mass is 354 g/mol. The molecule has 0 saturated carbocycles. The second-order valence-corrected chi connectivity index (χ2v) is 6.06. The molecule has 3 rings (SSSR count). The topological polar surface area (TPSA) is 49.8 Å². The quantitative estimate of drug-likeness (QED) is 0.821. The van der Waals surface area contributed by atoms with Gasteiger partial charge in [0.2, 0.25) is 5.95 Å². The van der Waals surface area contributed by atoms with Gasteiger partial charge < -0.3 is 10.6 Å². The average molecular weight is 354 g/mol. The van der Waals surface area contributed by atoms with Crippen LogP contribution in [0.5, 0.6) is 0 Å². The summed E-state index contributed by atoms with van der Waals surface area (Å²) in [5.74, 6) is -0.528. The maximum absolute atomic E-state index is 14.1. The molecule has 0 bridgehead atoms. The lowest BCUT2D eigenvalue weighted by Gasteiger charge is -2.13. The molecule has 1 aliphatic heterocycles. The van der Waals surface area contributed by atoms with Gasteiger partial charge in [-0.2, -0.15) is 13.2 Å². The minimum Gasteiger partial charge on any atom is -0.353 e. The Bertz CT molecular complexity index is 755. The number of aromatic nitrogens is 2. The summed E-state index contributed by atoms with van der Waals surface area (Å²) in [5, 5.41) is 6.47. The summed E-state index contributed by atoms with van der Waals surface area (Å²) in [7, 11) is 0. The molecule has 1 aliphatic rings. The molecule has 1 atom stereocenters. The first-order valence-electron chi connectivity index (χ1n) is 8.02. The van der Waals surface area contributed by atoms with Crippen molar-refractivity contribution >= 4 is 5.95 Å². The third-order valence-electron chi connectivity index (χ3n) is 4.23. The SMILES string of the molecule is Cc1nc(NC[C@H]2CCCN2)ncc1-c1ccc(C(F)(F)F)cc1F. The van der Waals surface area contributed by atoms with Gasteiger partial charge in [-0.05, 0) is 38.4 Å². The van der Waals surface area contributed by atoms with E-state index in [2.05, 4.69) is 20.6 Å². The van der Waals surface area contributed by atoms with Gasteiger partial charge in [0.25, 0.3) is 0 Å². The largest absolute Gasteiger partial charge is 0.416 e. The van der Waals surface area contributed by atoms with Crippen LogP contribution in [0.15, 0.2) is 24.4 Å². The zero-order valence-electron chi connectivity index (χ0n) is 13.6. The molecule has 1 aromatic carbocycles. The number of alkyl halides is 3. The third kappa shape index (κ3) is 4.07. The van der Waals surface area contributed by atoms with E-state index in [4.69, 9.17) is 0 Å². The normalized spacial score (nSPS) is 17.7. The molecule has 0 spiro atoms. The van der Waals surface area contributed by atoms with Crippen molar-refractivity contribution in [2.24, 2.45) is 0 Å².